The maximum atomic E-state index is 12.6. The van der Waals surface area contributed by atoms with E-state index >= 15 is 0 Å². The Bertz CT molecular complexity index is 988. The Morgan fingerprint density at radius 1 is 0.897 bits per heavy atom. The molecule has 1 fully saturated rings. The lowest BCUT2D eigenvalue weighted by Gasteiger charge is -2.32. The molecule has 29 heavy (non-hydrogen) atoms. The van der Waals surface area contributed by atoms with Crippen molar-refractivity contribution in [2.75, 3.05) is 23.3 Å². The average molecular weight is 388 g/mol. The van der Waals surface area contributed by atoms with Crippen molar-refractivity contribution in [3.63, 3.8) is 0 Å². The SMILES string of the molecule is NC(=O)C1CCN(c2ccc(NC(=O)c3cccc(-n4cccc4)c3)cc2)CC1. The minimum atomic E-state index is -0.205. The average Bonchev–Trinajstić information content (AvgIpc) is 3.29. The number of piperidine rings is 1. The lowest BCUT2D eigenvalue weighted by atomic mass is 9.96. The molecule has 1 saturated heterocycles. The van der Waals surface area contributed by atoms with E-state index in [0.717, 1.165) is 43.0 Å². The third kappa shape index (κ3) is 4.32. The van der Waals surface area contributed by atoms with Crippen LogP contribution in [0.5, 0.6) is 0 Å². The summed E-state index contributed by atoms with van der Waals surface area (Å²) >= 11 is 0. The Labute approximate surface area is 169 Å². The van der Waals surface area contributed by atoms with E-state index in [2.05, 4.69) is 10.2 Å². The zero-order valence-electron chi connectivity index (χ0n) is 16.1. The molecule has 148 valence electrons. The van der Waals surface area contributed by atoms with E-state index in [1.54, 1.807) is 6.07 Å². The van der Waals surface area contributed by atoms with Crippen LogP contribution >= 0.6 is 0 Å². The molecule has 1 aliphatic rings. The van der Waals surface area contributed by atoms with Gasteiger partial charge in [0, 0.05) is 54.0 Å². The van der Waals surface area contributed by atoms with Crippen molar-refractivity contribution in [3.05, 3.63) is 78.6 Å². The molecule has 0 spiro atoms. The lowest BCUT2D eigenvalue weighted by molar-refractivity contribution is -0.122. The molecule has 4 rings (SSSR count). The summed E-state index contributed by atoms with van der Waals surface area (Å²) in [6.45, 7) is 1.62. The van der Waals surface area contributed by atoms with Gasteiger partial charge in [0.25, 0.3) is 5.91 Å². The molecule has 1 aromatic heterocycles. The van der Waals surface area contributed by atoms with Gasteiger partial charge in [-0.2, -0.15) is 0 Å². The zero-order chi connectivity index (χ0) is 20.2. The van der Waals surface area contributed by atoms with Crippen LogP contribution in [-0.2, 0) is 4.79 Å². The predicted molar refractivity (Wildman–Crippen MR) is 114 cm³/mol. The fraction of sp³-hybridized carbons (Fsp3) is 0.217. The minimum absolute atomic E-state index is 0.0212. The van der Waals surface area contributed by atoms with E-state index in [-0.39, 0.29) is 17.7 Å². The number of carbonyl (C=O) groups is 2. The summed E-state index contributed by atoms with van der Waals surface area (Å²) in [6, 6.07) is 19.2. The van der Waals surface area contributed by atoms with Gasteiger partial charge in [-0.1, -0.05) is 6.07 Å². The van der Waals surface area contributed by atoms with Gasteiger partial charge in [0.05, 0.1) is 0 Å². The van der Waals surface area contributed by atoms with E-state index in [1.165, 1.54) is 0 Å². The number of aromatic nitrogens is 1. The summed E-state index contributed by atoms with van der Waals surface area (Å²) in [5, 5.41) is 2.95. The quantitative estimate of drug-likeness (QED) is 0.703. The van der Waals surface area contributed by atoms with Gasteiger partial charge in [0.1, 0.15) is 0 Å². The fourth-order valence-corrected chi connectivity index (χ4v) is 3.70. The zero-order valence-corrected chi connectivity index (χ0v) is 16.1. The Morgan fingerprint density at radius 2 is 1.59 bits per heavy atom. The van der Waals surface area contributed by atoms with Crippen LogP contribution in [0.15, 0.2) is 73.1 Å². The Balaban J connectivity index is 1.40. The third-order valence-corrected chi connectivity index (χ3v) is 5.40. The van der Waals surface area contributed by atoms with E-state index < -0.39 is 0 Å². The Kier molecular flexibility index (Phi) is 5.33. The van der Waals surface area contributed by atoms with Crippen molar-refractivity contribution in [2.24, 2.45) is 11.7 Å². The van der Waals surface area contributed by atoms with Crippen LogP contribution in [0, 0.1) is 5.92 Å². The molecule has 0 unspecified atom stereocenters. The van der Waals surface area contributed by atoms with Crippen molar-refractivity contribution in [3.8, 4) is 5.69 Å². The van der Waals surface area contributed by atoms with E-state index in [0.29, 0.717) is 5.56 Å². The number of nitrogens with two attached hydrogens (primary N) is 1. The van der Waals surface area contributed by atoms with Gasteiger partial charge in [-0.15, -0.1) is 0 Å². The first-order chi connectivity index (χ1) is 14.1. The number of carbonyl (C=O) groups excluding carboxylic acids is 2. The van der Waals surface area contributed by atoms with Crippen LogP contribution in [0.2, 0.25) is 0 Å². The standard InChI is InChI=1S/C23H24N4O2/c24-22(28)17-10-14-27(15-11-17)20-8-6-19(7-9-20)25-23(29)18-4-3-5-21(16-18)26-12-1-2-13-26/h1-9,12-13,16-17H,10-11,14-15H2,(H2,24,28)(H,25,29). The summed E-state index contributed by atoms with van der Waals surface area (Å²) in [4.78, 5) is 26.2. The van der Waals surface area contributed by atoms with Gasteiger partial charge >= 0.3 is 0 Å². The van der Waals surface area contributed by atoms with Crippen LogP contribution in [-0.4, -0.2) is 29.5 Å². The number of nitrogens with one attached hydrogen (secondary N) is 1. The number of primary amides is 1. The molecule has 0 radical (unpaired) electrons. The predicted octanol–water partition coefficient (Wildman–Crippen LogP) is 3.43. The lowest BCUT2D eigenvalue weighted by Crippen LogP contribution is -2.38. The summed E-state index contributed by atoms with van der Waals surface area (Å²) in [7, 11) is 0. The molecular weight excluding hydrogens is 364 g/mol. The third-order valence-electron chi connectivity index (χ3n) is 5.40. The van der Waals surface area contributed by atoms with Crippen molar-refractivity contribution in [1.82, 2.24) is 4.57 Å². The maximum absolute atomic E-state index is 12.6. The molecule has 0 aliphatic carbocycles. The maximum Gasteiger partial charge on any atom is 0.255 e. The molecule has 3 N–H and O–H groups in total. The highest BCUT2D eigenvalue weighted by molar-refractivity contribution is 6.04. The number of hydrogen-bond acceptors (Lipinski definition) is 3. The molecule has 1 aliphatic heterocycles. The van der Waals surface area contributed by atoms with E-state index in [1.807, 2.05) is 71.6 Å². The molecule has 0 atom stereocenters. The molecule has 6 nitrogen and oxygen atoms in total. The largest absolute Gasteiger partial charge is 0.371 e. The number of hydrogen-bond donors (Lipinski definition) is 2. The molecule has 2 amide bonds. The van der Waals surface area contributed by atoms with Gasteiger partial charge in [0.15, 0.2) is 0 Å². The molecule has 0 bridgehead atoms. The first kappa shape index (κ1) is 18.8. The molecule has 3 aromatic rings. The topological polar surface area (TPSA) is 80.4 Å². The number of nitrogens with zero attached hydrogens (tertiary/aromatic N) is 2. The van der Waals surface area contributed by atoms with Gasteiger partial charge in [-0.05, 0) is 67.4 Å². The van der Waals surface area contributed by atoms with Gasteiger partial charge in [-0.25, -0.2) is 0 Å². The molecule has 0 saturated carbocycles. The van der Waals surface area contributed by atoms with E-state index in [9.17, 15) is 9.59 Å². The first-order valence-electron chi connectivity index (χ1n) is 9.79. The van der Waals surface area contributed by atoms with Crippen LogP contribution in [0.3, 0.4) is 0 Å². The van der Waals surface area contributed by atoms with Crippen LogP contribution in [0.4, 0.5) is 11.4 Å². The summed E-state index contributed by atoms with van der Waals surface area (Å²) in [5.74, 6) is -0.371. The summed E-state index contributed by atoms with van der Waals surface area (Å²) < 4.78 is 1.97. The second kappa shape index (κ2) is 8.22. The normalized spacial score (nSPS) is 14.6. The van der Waals surface area contributed by atoms with Crippen molar-refractivity contribution >= 4 is 23.2 Å². The molecular formula is C23H24N4O2. The highest BCUT2D eigenvalue weighted by Crippen LogP contribution is 2.24. The van der Waals surface area contributed by atoms with Crippen molar-refractivity contribution < 1.29 is 9.59 Å². The number of anilines is 2. The van der Waals surface area contributed by atoms with Gasteiger partial charge < -0.3 is 20.5 Å². The van der Waals surface area contributed by atoms with Gasteiger partial charge in [0.2, 0.25) is 5.91 Å². The number of amides is 2. The second-order valence-electron chi connectivity index (χ2n) is 7.31. The number of benzene rings is 2. The minimum Gasteiger partial charge on any atom is -0.371 e. The monoisotopic (exact) mass is 388 g/mol. The van der Waals surface area contributed by atoms with Crippen molar-refractivity contribution in [1.29, 1.82) is 0 Å². The summed E-state index contributed by atoms with van der Waals surface area (Å²) in [6.07, 6.45) is 5.46. The number of rotatable bonds is 5. The van der Waals surface area contributed by atoms with Crippen LogP contribution < -0.4 is 16.0 Å². The summed E-state index contributed by atoms with van der Waals surface area (Å²) in [5.41, 5.74) is 8.78. The Hall–Kier alpha value is -3.54. The molecule has 6 heteroatoms. The van der Waals surface area contributed by atoms with Gasteiger partial charge in [-0.3, -0.25) is 9.59 Å². The highest BCUT2D eigenvalue weighted by Gasteiger charge is 2.23. The van der Waals surface area contributed by atoms with Crippen molar-refractivity contribution in [2.45, 2.75) is 12.8 Å². The Morgan fingerprint density at radius 3 is 2.24 bits per heavy atom. The molecule has 2 aromatic carbocycles. The fourth-order valence-electron chi connectivity index (χ4n) is 3.70. The second-order valence-corrected chi connectivity index (χ2v) is 7.31. The van der Waals surface area contributed by atoms with Crippen LogP contribution in [0.25, 0.3) is 5.69 Å². The van der Waals surface area contributed by atoms with Crippen LogP contribution in [0.1, 0.15) is 23.2 Å². The molecule has 2 heterocycles. The highest BCUT2D eigenvalue weighted by atomic mass is 16.2. The van der Waals surface area contributed by atoms with E-state index in [4.69, 9.17) is 5.73 Å². The smallest absolute Gasteiger partial charge is 0.255 e. The first-order valence-corrected chi connectivity index (χ1v) is 9.79.